The Morgan fingerprint density at radius 3 is 2.45 bits per heavy atom. The lowest BCUT2D eigenvalue weighted by molar-refractivity contribution is 0.0225. The summed E-state index contributed by atoms with van der Waals surface area (Å²) in [7, 11) is -4.27. The van der Waals surface area contributed by atoms with Crippen LogP contribution in [-0.4, -0.2) is 80.7 Å². The molecule has 1 atom stereocenters. The van der Waals surface area contributed by atoms with Crippen LogP contribution in [-0.2, 0) is 19.5 Å². The molecular formula is C21H29F2N3O6S. The first-order chi connectivity index (χ1) is 15.4. The standard InChI is InChI=1S/C21H29F2N3O6S/c1-21(2,3)32-20(28)26-6-4-5-14(26)13-24-19(27)15-11-18(17(23)12-16(15)22)33(29,30)25-7-9-31-10-8-25/h11-12,14H,4-10,13H2,1-3H3,(H,24,27). The van der Waals surface area contributed by atoms with Gasteiger partial charge in [-0.1, -0.05) is 0 Å². The van der Waals surface area contributed by atoms with Crippen LogP contribution >= 0.6 is 0 Å². The molecule has 2 saturated heterocycles. The molecule has 12 heteroatoms. The molecule has 184 valence electrons. The number of rotatable bonds is 5. The summed E-state index contributed by atoms with van der Waals surface area (Å²) in [4.78, 5) is 25.8. The monoisotopic (exact) mass is 489 g/mol. The Morgan fingerprint density at radius 1 is 1.15 bits per heavy atom. The summed E-state index contributed by atoms with van der Waals surface area (Å²) in [5, 5.41) is 2.53. The van der Waals surface area contributed by atoms with Crippen molar-refractivity contribution in [1.29, 1.82) is 0 Å². The molecule has 0 saturated carbocycles. The SMILES string of the molecule is CC(C)(C)OC(=O)N1CCCC1CNC(=O)c1cc(S(=O)(=O)N2CCOCC2)c(F)cc1F. The highest BCUT2D eigenvalue weighted by molar-refractivity contribution is 7.89. The van der Waals surface area contributed by atoms with Crippen molar-refractivity contribution in [3.63, 3.8) is 0 Å². The van der Waals surface area contributed by atoms with E-state index in [1.165, 1.54) is 4.90 Å². The highest BCUT2D eigenvalue weighted by atomic mass is 32.2. The van der Waals surface area contributed by atoms with E-state index >= 15 is 0 Å². The van der Waals surface area contributed by atoms with Gasteiger partial charge in [0.1, 0.15) is 22.1 Å². The summed E-state index contributed by atoms with van der Waals surface area (Å²) >= 11 is 0. The molecule has 1 aromatic rings. The second-order valence-electron chi connectivity index (χ2n) is 8.96. The number of amides is 2. The van der Waals surface area contributed by atoms with Gasteiger partial charge in [0.25, 0.3) is 5.91 Å². The zero-order chi connectivity index (χ0) is 24.4. The average Bonchev–Trinajstić information content (AvgIpc) is 3.20. The fourth-order valence-corrected chi connectivity index (χ4v) is 5.22. The Balaban J connectivity index is 1.73. The third-order valence-electron chi connectivity index (χ3n) is 5.36. The van der Waals surface area contributed by atoms with Crippen LogP contribution in [0.25, 0.3) is 0 Å². The van der Waals surface area contributed by atoms with Crippen LogP contribution in [0, 0.1) is 11.6 Å². The Labute approximate surface area is 192 Å². The van der Waals surface area contributed by atoms with Crippen LogP contribution in [0.4, 0.5) is 13.6 Å². The van der Waals surface area contributed by atoms with Gasteiger partial charge in [-0.2, -0.15) is 4.31 Å². The van der Waals surface area contributed by atoms with Crippen molar-refractivity contribution in [2.75, 3.05) is 39.4 Å². The number of likely N-dealkylation sites (tertiary alicyclic amines) is 1. The smallest absolute Gasteiger partial charge is 0.410 e. The van der Waals surface area contributed by atoms with Gasteiger partial charge < -0.3 is 19.7 Å². The van der Waals surface area contributed by atoms with Crippen molar-refractivity contribution in [1.82, 2.24) is 14.5 Å². The molecule has 9 nitrogen and oxygen atoms in total. The van der Waals surface area contributed by atoms with Gasteiger partial charge in [-0.15, -0.1) is 0 Å². The van der Waals surface area contributed by atoms with E-state index in [4.69, 9.17) is 9.47 Å². The molecule has 0 aromatic heterocycles. The van der Waals surface area contributed by atoms with Crippen LogP contribution in [0.3, 0.4) is 0 Å². The minimum Gasteiger partial charge on any atom is -0.444 e. The summed E-state index contributed by atoms with van der Waals surface area (Å²) in [6.07, 6.45) is 0.820. The Kier molecular flexibility index (Phi) is 7.59. The van der Waals surface area contributed by atoms with Crippen LogP contribution in [0.2, 0.25) is 0 Å². The molecule has 1 N–H and O–H groups in total. The van der Waals surface area contributed by atoms with Gasteiger partial charge in [-0.25, -0.2) is 22.0 Å². The van der Waals surface area contributed by atoms with Crippen molar-refractivity contribution in [3.05, 3.63) is 29.3 Å². The van der Waals surface area contributed by atoms with Crippen molar-refractivity contribution < 1.29 is 36.3 Å². The van der Waals surface area contributed by atoms with E-state index < -0.39 is 49.7 Å². The molecule has 2 heterocycles. The fourth-order valence-electron chi connectivity index (χ4n) is 3.74. The zero-order valence-electron chi connectivity index (χ0n) is 18.9. The first-order valence-electron chi connectivity index (χ1n) is 10.7. The average molecular weight is 490 g/mol. The minimum atomic E-state index is -4.27. The number of nitrogens with one attached hydrogen (secondary N) is 1. The number of benzene rings is 1. The van der Waals surface area contributed by atoms with Crippen LogP contribution in [0.5, 0.6) is 0 Å². The Hall–Kier alpha value is -2.31. The van der Waals surface area contributed by atoms with Gasteiger partial charge in [-0.05, 0) is 39.7 Å². The summed E-state index contributed by atoms with van der Waals surface area (Å²) < 4.78 is 65.9. The third-order valence-corrected chi connectivity index (χ3v) is 7.27. The van der Waals surface area contributed by atoms with Gasteiger partial charge >= 0.3 is 6.09 Å². The van der Waals surface area contributed by atoms with Gasteiger partial charge in [-0.3, -0.25) is 4.79 Å². The van der Waals surface area contributed by atoms with Gasteiger partial charge in [0.05, 0.1) is 24.8 Å². The van der Waals surface area contributed by atoms with Gasteiger partial charge in [0, 0.05) is 32.2 Å². The normalized spacial score (nSPS) is 20.0. The van der Waals surface area contributed by atoms with E-state index in [-0.39, 0.29) is 38.9 Å². The molecule has 2 amide bonds. The summed E-state index contributed by atoms with van der Waals surface area (Å²) in [5.74, 6) is -3.36. The molecular weight excluding hydrogens is 460 g/mol. The number of ether oxygens (including phenoxy) is 2. The van der Waals surface area contributed by atoms with Crippen molar-refractivity contribution in [3.8, 4) is 0 Å². The molecule has 0 radical (unpaired) electrons. The van der Waals surface area contributed by atoms with E-state index in [2.05, 4.69) is 5.32 Å². The number of morpholine rings is 1. The predicted octanol–water partition coefficient (Wildman–Crippen LogP) is 2.12. The van der Waals surface area contributed by atoms with Crippen molar-refractivity contribution in [2.24, 2.45) is 0 Å². The predicted molar refractivity (Wildman–Crippen MR) is 114 cm³/mol. The van der Waals surface area contributed by atoms with E-state index in [0.29, 0.717) is 31.5 Å². The third kappa shape index (κ3) is 5.98. The van der Waals surface area contributed by atoms with E-state index in [1.54, 1.807) is 20.8 Å². The number of halogens is 2. The van der Waals surface area contributed by atoms with Crippen LogP contribution in [0.15, 0.2) is 17.0 Å². The molecule has 3 rings (SSSR count). The first-order valence-corrected chi connectivity index (χ1v) is 12.2. The minimum absolute atomic E-state index is 0.0143. The summed E-state index contributed by atoms with van der Waals surface area (Å²) in [6.45, 7) is 6.09. The molecule has 2 fully saturated rings. The lowest BCUT2D eigenvalue weighted by Crippen LogP contribution is -2.45. The second kappa shape index (κ2) is 9.90. The number of hydrogen-bond acceptors (Lipinski definition) is 6. The molecule has 1 unspecified atom stereocenters. The van der Waals surface area contributed by atoms with Crippen molar-refractivity contribution in [2.45, 2.75) is 50.2 Å². The van der Waals surface area contributed by atoms with Gasteiger partial charge in [0.2, 0.25) is 10.0 Å². The molecule has 33 heavy (non-hydrogen) atoms. The maximum absolute atomic E-state index is 14.4. The van der Waals surface area contributed by atoms with E-state index in [1.807, 2.05) is 0 Å². The highest BCUT2D eigenvalue weighted by Crippen LogP contribution is 2.24. The molecule has 0 spiro atoms. The number of nitrogens with zero attached hydrogens (tertiary/aromatic N) is 2. The topological polar surface area (TPSA) is 105 Å². The molecule has 2 aliphatic rings. The number of sulfonamides is 1. The highest BCUT2D eigenvalue weighted by Gasteiger charge is 2.34. The number of hydrogen-bond donors (Lipinski definition) is 1. The molecule has 1 aromatic carbocycles. The fraction of sp³-hybridized carbons (Fsp3) is 0.619. The van der Waals surface area contributed by atoms with Crippen LogP contribution in [0.1, 0.15) is 44.0 Å². The summed E-state index contributed by atoms with van der Waals surface area (Å²) in [5.41, 5.74) is -1.27. The van der Waals surface area contributed by atoms with Crippen LogP contribution < -0.4 is 5.32 Å². The molecule has 0 aliphatic carbocycles. The maximum Gasteiger partial charge on any atom is 0.410 e. The first kappa shape index (κ1) is 25.3. The number of carbonyl (C=O) groups excluding carboxylic acids is 2. The number of carbonyl (C=O) groups is 2. The Morgan fingerprint density at radius 2 is 1.82 bits per heavy atom. The van der Waals surface area contributed by atoms with E-state index in [0.717, 1.165) is 4.31 Å². The lowest BCUT2D eigenvalue weighted by atomic mass is 10.1. The lowest BCUT2D eigenvalue weighted by Gasteiger charge is -2.28. The van der Waals surface area contributed by atoms with Crippen molar-refractivity contribution >= 4 is 22.0 Å². The maximum atomic E-state index is 14.4. The molecule has 2 aliphatic heterocycles. The quantitative estimate of drug-likeness (QED) is 0.679. The van der Waals surface area contributed by atoms with Gasteiger partial charge in [0.15, 0.2) is 0 Å². The summed E-state index contributed by atoms with van der Waals surface area (Å²) in [6, 6.07) is 0.750. The zero-order valence-corrected chi connectivity index (χ0v) is 19.7. The van der Waals surface area contributed by atoms with E-state index in [9.17, 15) is 26.8 Å². The second-order valence-corrected chi connectivity index (χ2v) is 10.9. The molecule has 0 bridgehead atoms. The largest absolute Gasteiger partial charge is 0.444 e. The Bertz CT molecular complexity index is 1010.